The SMILES string of the molecule is Cc1occc1C(=S)Nc1ccc(Cl)c(OCC=C(Cl)Cl)c1. The van der Waals surface area contributed by atoms with E-state index in [1.807, 2.05) is 13.0 Å². The highest BCUT2D eigenvalue weighted by molar-refractivity contribution is 7.81. The van der Waals surface area contributed by atoms with E-state index in [4.69, 9.17) is 56.2 Å². The van der Waals surface area contributed by atoms with Gasteiger partial charge < -0.3 is 14.5 Å². The molecule has 1 aromatic carbocycles. The number of hydrogen-bond donors (Lipinski definition) is 1. The Labute approximate surface area is 148 Å². The van der Waals surface area contributed by atoms with E-state index in [-0.39, 0.29) is 11.1 Å². The lowest BCUT2D eigenvalue weighted by Crippen LogP contribution is -2.10. The molecule has 0 aliphatic rings. The molecule has 2 aromatic rings. The lowest BCUT2D eigenvalue weighted by molar-refractivity contribution is 0.363. The fourth-order valence-corrected chi connectivity index (χ4v) is 2.33. The van der Waals surface area contributed by atoms with E-state index in [1.54, 1.807) is 24.5 Å². The van der Waals surface area contributed by atoms with Gasteiger partial charge in [0, 0.05) is 11.8 Å². The van der Waals surface area contributed by atoms with E-state index in [9.17, 15) is 0 Å². The Balaban J connectivity index is 2.10. The summed E-state index contributed by atoms with van der Waals surface area (Å²) in [5, 5.41) is 3.60. The van der Waals surface area contributed by atoms with Crippen molar-refractivity contribution < 1.29 is 9.15 Å². The van der Waals surface area contributed by atoms with E-state index in [0.717, 1.165) is 17.0 Å². The van der Waals surface area contributed by atoms with E-state index >= 15 is 0 Å². The summed E-state index contributed by atoms with van der Waals surface area (Å²) in [7, 11) is 0. The van der Waals surface area contributed by atoms with Crippen LogP contribution in [0.4, 0.5) is 5.69 Å². The second-order valence-corrected chi connectivity index (χ2v) is 6.12. The van der Waals surface area contributed by atoms with Crippen molar-refractivity contribution in [3.05, 3.63) is 57.4 Å². The number of thiocarbonyl (C=S) groups is 1. The van der Waals surface area contributed by atoms with Crippen molar-refractivity contribution in [2.75, 3.05) is 11.9 Å². The quantitative estimate of drug-likeness (QED) is 0.676. The zero-order valence-electron chi connectivity index (χ0n) is 11.5. The Morgan fingerprint density at radius 1 is 1.36 bits per heavy atom. The second kappa shape index (κ2) is 7.88. The number of hydrogen-bond acceptors (Lipinski definition) is 3. The summed E-state index contributed by atoms with van der Waals surface area (Å²) >= 11 is 22.5. The van der Waals surface area contributed by atoms with E-state index in [0.29, 0.717) is 15.8 Å². The maximum Gasteiger partial charge on any atom is 0.140 e. The van der Waals surface area contributed by atoms with Gasteiger partial charge in [0.2, 0.25) is 0 Å². The molecular formula is C15H12Cl3NO2S. The first kappa shape index (κ1) is 17.2. The van der Waals surface area contributed by atoms with Gasteiger partial charge >= 0.3 is 0 Å². The number of rotatable bonds is 5. The number of halogens is 3. The first-order valence-electron chi connectivity index (χ1n) is 6.26. The molecule has 0 amide bonds. The topological polar surface area (TPSA) is 34.4 Å². The minimum absolute atomic E-state index is 0.141. The Bertz CT molecular complexity index is 709. The number of ether oxygens (including phenoxy) is 1. The Hall–Kier alpha value is -1.20. The molecule has 0 fully saturated rings. The van der Waals surface area contributed by atoms with Crippen LogP contribution in [0.25, 0.3) is 0 Å². The van der Waals surface area contributed by atoms with Crippen LogP contribution >= 0.6 is 47.0 Å². The van der Waals surface area contributed by atoms with Crippen molar-refractivity contribution in [3.63, 3.8) is 0 Å². The molecule has 3 nitrogen and oxygen atoms in total. The minimum atomic E-state index is 0.141. The maximum absolute atomic E-state index is 6.09. The number of aryl methyl sites for hydroxylation is 1. The summed E-state index contributed by atoms with van der Waals surface area (Å²) in [6.07, 6.45) is 3.12. The van der Waals surface area contributed by atoms with Gasteiger partial charge in [-0.1, -0.05) is 47.0 Å². The predicted octanol–water partition coefficient (Wildman–Crippen LogP) is 5.73. The molecule has 0 aliphatic heterocycles. The van der Waals surface area contributed by atoms with Gasteiger partial charge in [0.25, 0.3) is 0 Å². The number of nitrogens with one attached hydrogen (secondary N) is 1. The van der Waals surface area contributed by atoms with Crippen LogP contribution in [0.15, 0.2) is 45.5 Å². The van der Waals surface area contributed by atoms with E-state index < -0.39 is 0 Å². The fraction of sp³-hybridized carbons (Fsp3) is 0.133. The molecule has 0 atom stereocenters. The summed E-state index contributed by atoms with van der Waals surface area (Å²) in [5.74, 6) is 1.26. The van der Waals surface area contributed by atoms with Gasteiger partial charge in [0.15, 0.2) is 0 Å². The van der Waals surface area contributed by atoms with Crippen LogP contribution in [-0.4, -0.2) is 11.6 Å². The molecule has 7 heteroatoms. The average Bonchev–Trinajstić information content (AvgIpc) is 2.88. The minimum Gasteiger partial charge on any atom is -0.488 e. The predicted molar refractivity (Wildman–Crippen MR) is 95.5 cm³/mol. The van der Waals surface area contributed by atoms with Gasteiger partial charge in [0.1, 0.15) is 27.6 Å². The number of anilines is 1. The van der Waals surface area contributed by atoms with Crippen molar-refractivity contribution >= 4 is 57.7 Å². The Morgan fingerprint density at radius 2 is 2.14 bits per heavy atom. The smallest absolute Gasteiger partial charge is 0.140 e. The van der Waals surface area contributed by atoms with Gasteiger partial charge in [-0.2, -0.15) is 0 Å². The standard InChI is InChI=1S/C15H12Cl3NO2S/c1-9-11(4-6-20-9)15(22)19-10-2-3-12(16)13(8-10)21-7-5-14(17)18/h2-6,8H,7H2,1H3,(H,19,22). The third-order valence-corrected chi connectivity index (χ3v) is 3.71. The summed E-state index contributed by atoms with van der Waals surface area (Å²) in [5.41, 5.74) is 1.59. The lowest BCUT2D eigenvalue weighted by Gasteiger charge is -2.11. The largest absolute Gasteiger partial charge is 0.488 e. The van der Waals surface area contributed by atoms with Crippen molar-refractivity contribution in [2.45, 2.75) is 6.92 Å². The third kappa shape index (κ3) is 4.65. The normalized spacial score (nSPS) is 10.2. The van der Waals surface area contributed by atoms with Crippen molar-refractivity contribution in [1.29, 1.82) is 0 Å². The molecule has 0 saturated heterocycles. The van der Waals surface area contributed by atoms with Gasteiger partial charge in [-0.25, -0.2) is 0 Å². The molecular weight excluding hydrogens is 365 g/mol. The molecule has 22 heavy (non-hydrogen) atoms. The van der Waals surface area contributed by atoms with Crippen LogP contribution in [0.5, 0.6) is 5.75 Å². The molecule has 0 unspecified atom stereocenters. The molecule has 116 valence electrons. The monoisotopic (exact) mass is 375 g/mol. The zero-order chi connectivity index (χ0) is 16.1. The van der Waals surface area contributed by atoms with Crippen LogP contribution in [0.1, 0.15) is 11.3 Å². The first-order valence-corrected chi connectivity index (χ1v) is 7.80. The van der Waals surface area contributed by atoms with Gasteiger partial charge in [0.05, 0.1) is 16.8 Å². The molecule has 0 bridgehead atoms. The van der Waals surface area contributed by atoms with Crippen molar-refractivity contribution in [3.8, 4) is 5.75 Å². The van der Waals surface area contributed by atoms with E-state index in [1.165, 1.54) is 6.08 Å². The number of benzene rings is 1. The molecule has 1 aromatic heterocycles. The Morgan fingerprint density at radius 3 is 2.77 bits per heavy atom. The van der Waals surface area contributed by atoms with Crippen LogP contribution in [-0.2, 0) is 0 Å². The summed E-state index contributed by atoms with van der Waals surface area (Å²) in [6, 6.07) is 7.09. The fourth-order valence-electron chi connectivity index (χ4n) is 1.71. The molecule has 0 aliphatic carbocycles. The van der Waals surface area contributed by atoms with Crippen molar-refractivity contribution in [1.82, 2.24) is 0 Å². The van der Waals surface area contributed by atoms with E-state index in [2.05, 4.69) is 5.32 Å². The summed E-state index contributed by atoms with van der Waals surface area (Å²) < 4.78 is 10.9. The van der Waals surface area contributed by atoms with Gasteiger partial charge in [-0.3, -0.25) is 0 Å². The second-order valence-electron chi connectivity index (χ2n) is 4.29. The lowest BCUT2D eigenvalue weighted by atomic mass is 10.2. The highest BCUT2D eigenvalue weighted by atomic mass is 35.5. The molecule has 2 rings (SSSR count). The maximum atomic E-state index is 6.09. The molecule has 0 spiro atoms. The van der Waals surface area contributed by atoms with Crippen LogP contribution in [0, 0.1) is 6.92 Å². The average molecular weight is 377 g/mol. The van der Waals surface area contributed by atoms with Crippen molar-refractivity contribution in [2.24, 2.45) is 0 Å². The highest BCUT2D eigenvalue weighted by Gasteiger charge is 2.09. The molecule has 1 heterocycles. The first-order chi connectivity index (χ1) is 10.5. The van der Waals surface area contributed by atoms with Gasteiger partial charge in [-0.05, 0) is 31.2 Å². The zero-order valence-corrected chi connectivity index (χ0v) is 14.6. The van der Waals surface area contributed by atoms with Crippen LogP contribution in [0.3, 0.4) is 0 Å². The summed E-state index contributed by atoms with van der Waals surface area (Å²) in [4.78, 5) is 0.559. The highest BCUT2D eigenvalue weighted by Crippen LogP contribution is 2.28. The third-order valence-electron chi connectivity index (χ3n) is 2.77. The summed E-state index contributed by atoms with van der Waals surface area (Å²) in [6.45, 7) is 2.07. The number of furan rings is 1. The molecule has 1 N–H and O–H groups in total. The Kier molecular flexibility index (Phi) is 6.15. The molecule has 0 saturated carbocycles. The van der Waals surface area contributed by atoms with Crippen LogP contribution in [0.2, 0.25) is 5.02 Å². The van der Waals surface area contributed by atoms with Gasteiger partial charge in [-0.15, -0.1) is 0 Å². The van der Waals surface area contributed by atoms with Crippen LogP contribution < -0.4 is 10.1 Å². The molecule has 0 radical (unpaired) electrons.